The normalized spacial score (nSPS) is 16.6. The summed E-state index contributed by atoms with van der Waals surface area (Å²) in [5, 5.41) is 11.6. The van der Waals surface area contributed by atoms with Gasteiger partial charge in [-0.3, -0.25) is 19.5 Å². The van der Waals surface area contributed by atoms with Gasteiger partial charge in [0.1, 0.15) is 11.5 Å². The minimum absolute atomic E-state index is 0.0404. The number of esters is 1. The van der Waals surface area contributed by atoms with Crippen molar-refractivity contribution in [2.75, 3.05) is 18.6 Å². The number of pyridine rings is 1. The van der Waals surface area contributed by atoms with E-state index in [0.29, 0.717) is 40.3 Å². The molecule has 40 heavy (non-hydrogen) atoms. The summed E-state index contributed by atoms with van der Waals surface area (Å²) in [6.07, 6.45) is 3.16. The number of aliphatic hydroxyl groups excluding tert-OH is 1. The standard InChI is InChI=1S/C32H34N2O6/c1-18(2)17-40-32(38)21-9-11-23(12-10-21)34-28(22-8-7-13-33-16-22)27(30(36)31(34)37)29(35)25-15-24(19(3)4)26(39-6)14-20(25)5/h7-16,18-19,28,35H,17H2,1-6H3/b29-27+. The summed E-state index contributed by atoms with van der Waals surface area (Å²) in [5.74, 6) is -1.38. The molecule has 8 nitrogen and oxygen atoms in total. The van der Waals surface area contributed by atoms with Crippen LogP contribution in [0.3, 0.4) is 0 Å². The van der Waals surface area contributed by atoms with E-state index in [9.17, 15) is 19.5 Å². The minimum Gasteiger partial charge on any atom is -0.507 e. The Balaban J connectivity index is 1.84. The van der Waals surface area contributed by atoms with Crippen LogP contribution in [0, 0.1) is 12.8 Å². The van der Waals surface area contributed by atoms with Crippen LogP contribution >= 0.6 is 0 Å². The highest BCUT2D eigenvalue weighted by molar-refractivity contribution is 6.51. The molecule has 3 aromatic rings. The summed E-state index contributed by atoms with van der Waals surface area (Å²) >= 11 is 0. The highest BCUT2D eigenvalue weighted by atomic mass is 16.5. The molecule has 8 heteroatoms. The van der Waals surface area contributed by atoms with E-state index < -0.39 is 23.7 Å². The number of aromatic nitrogens is 1. The molecule has 2 aromatic carbocycles. The Morgan fingerprint density at radius 3 is 2.35 bits per heavy atom. The zero-order chi connectivity index (χ0) is 29.1. The molecule has 1 aromatic heterocycles. The lowest BCUT2D eigenvalue weighted by atomic mass is 9.91. The van der Waals surface area contributed by atoms with Gasteiger partial charge in [0.25, 0.3) is 11.7 Å². The van der Waals surface area contributed by atoms with Crippen molar-refractivity contribution in [2.45, 2.75) is 46.6 Å². The van der Waals surface area contributed by atoms with Gasteiger partial charge in [-0.25, -0.2) is 4.79 Å². The third kappa shape index (κ3) is 5.47. The van der Waals surface area contributed by atoms with Crippen molar-refractivity contribution in [3.63, 3.8) is 0 Å². The van der Waals surface area contributed by atoms with E-state index in [-0.39, 0.29) is 23.2 Å². The van der Waals surface area contributed by atoms with Crippen LogP contribution in [0.2, 0.25) is 0 Å². The van der Waals surface area contributed by atoms with E-state index in [0.717, 1.165) is 5.56 Å². The molecule has 1 fully saturated rings. The molecule has 0 radical (unpaired) electrons. The predicted octanol–water partition coefficient (Wildman–Crippen LogP) is 5.96. The van der Waals surface area contributed by atoms with Crippen molar-refractivity contribution in [1.82, 2.24) is 4.98 Å². The van der Waals surface area contributed by atoms with Gasteiger partial charge in [-0.05, 0) is 77.9 Å². The lowest BCUT2D eigenvalue weighted by Crippen LogP contribution is -2.29. The summed E-state index contributed by atoms with van der Waals surface area (Å²) in [7, 11) is 1.59. The average molecular weight is 543 g/mol. The fourth-order valence-electron chi connectivity index (χ4n) is 4.76. The van der Waals surface area contributed by atoms with Crippen molar-refractivity contribution >= 4 is 29.1 Å². The molecule has 1 aliphatic heterocycles. The van der Waals surface area contributed by atoms with Gasteiger partial charge in [0, 0.05) is 23.6 Å². The number of aryl methyl sites for hydroxylation is 1. The molecular formula is C32H34N2O6. The third-order valence-corrected chi connectivity index (χ3v) is 6.83. The molecule has 1 amide bonds. The molecule has 1 unspecified atom stereocenters. The molecule has 1 saturated heterocycles. The second-order valence-corrected chi connectivity index (χ2v) is 10.6. The fourth-order valence-corrected chi connectivity index (χ4v) is 4.76. The quantitative estimate of drug-likeness (QED) is 0.162. The lowest BCUT2D eigenvalue weighted by molar-refractivity contribution is -0.132. The summed E-state index contributed by atoms with van der Waals surface area (Å²) in [5.41, 5.74) is 3.24. The van der Waals surface area contributed by atoms with Gasteiger partial charge in [0.05, 0.1) is 30.9 Å². The lowest BCUT2D eigenvalue weighted by Gasteiger charge is -2.25. The number of rotatable bonds is 8. The van der Waals surface area contributed by atoms with Gasteiger partial charge in [0.15, 0.2) is 0 Å². The number of aliphatic hydroxyl groups is 1. The molecule has 1 atom stereocenters. The largest absolute Gasteiger partial charge is 0.507 e. The molecule has 2 heterocycles. The minimum atomic E-state index is -0.934. The predicted molar refractivity (Wildman–Crippen MR) is 152 cm³/mol. The maximum absolute atomic E-state index is 13.5. The van der Waals surface area contributed by atoms with Crippen LogP contribution in [0.4, 0.5) is 5.69 Å². The number of hydrogen-bond acceptors (Lipinski definition) is 7. The van der Waals surface area contributed by atoms with Crippen LogP contribution in [0.25, 0.3) is 5.76 Å². The highest BCUT2D eigenvalue weighted by Gasteiger charge is 2.47. The number of ketones is 1. The zero-order valence-corrected chi connectivity index (χ0v) is 23.6. The molecule has 4 rings (SSSR count). The Kier molecular flexibility index (Phi) is 8.38. The van der Waals surface area contributed by atoms with E-state index in [4.69, 9.17) is 9.47 Å². The van der Waals surface area contributed by atoms with Crippen LogP contribution < -0.4 is 9.64 Å². The van der Waals surface area contributed by atoms with E-state index in [1.165, 1.54) is 4.90 Å². The van der Waals surface area contributed by atoms with Crippen molar-refractivity contribution < 1.29 is 29.0 Å². The van der Waals surface area contributed by atoms with E-state index >= 15 is 0 Å². The summed E-state index contributed by atoms with van der Waals surface area (Å²) in [4.78, 5) is 45.0. The molecule has 1 aliphatic rings. The van der Waals surface area contributed by atoms with Crippen molar-refractivity contribution in [2.24, 2.45) is 5.92 Å². The average Bonchev–Trinajstić information content (AvgIpc) is 3.21. The number of methoxy groups -OCH3 is 1. The maximum Gasteiger partial charge on any atom is 0.338 e. The second-order valence-electron chi connectivity index (χ2n) is 10.6. The maximum atomic E-state index is 13.5. The van der Waals surface area contributed by atoms with Crippen molar-refractivity contribution in [3.05, 3.63) is 94.3 Å². The van der Waals surface area contributed by atoms with Crippen LogP contribution in [-0.2, 0) is 14.3 Å². The first kappa shape index (κ1) is 28.5. The van der Waals surface area contributed by atoms with Gasteiger partial charge in [-0.1, -0.05) is 33.8 Å². The van der Waals surface area contributed by atoms with Gasteiger partial charge < -0.3 is 14.6 Å². The summed E-state index contributed by atoms with van der Waals surface area (Å²) in [6, 6.07) is 12.4. The third-order valence-electron chi connectivity index (χ3n) is 6.83. The van der Waals surface area contributed by atoms with E-state index in [1.807, 2.05) is 40.7 Å². The topological polar surface area (TPSA) is 106 Å². The number of carbonyl (C=O) groups excluding carboxylic acids is 3. The molecule has 0 saturated carbocycles. The van der Waals surface area contributed by atoms with Crippen molar-refractivity contribution in [3.8, 4) is 5.75 Å². The van der Waals surface area contributed by atoms with Gasteiger partial charge in [-0.15, -0.1) is 0 Å². The number of carbonyl (C=O) groups is 3. The van der Waals surface area contributed by atoms with Crippen LogP contribution in [0.5, 0.6) is 5.75 Å². The number of amides is 1. The molecule has 0 spiro atoms. The van der Waals surface area contributed by atoms with Gasteiger partial charge in [0.2, 0.25) is 0 Å². The first-order valence-corrected chi connectivity index (χ1v) is 13.2. The van der Waals surface area contributed by atoms with E-state index in [2.05, 4.69) is 4.98 Å². The van der Waals surface area contributed by atoms with Crippen LogP contribution in [0.1, 0.15) is 72.3 Å². The summed E-state index contributed by atoms with van der Waals surface area (Å²) in [6.45, 7) is 10.0. The molecular weight excluding hydrogens is 508 g/mol. The molecule has 208 valence electrons. The highest BCUT2D eigenvalue weighted by Crippen LogP contribution is 2.43. The Hall–Kier alpha value is -4.46. The fraction of sp³-hybridized carbons (Fsp3) is 0.312. The monoisotopic (exact) mass is 542 g/mol. The number of hydrogen-bond donors (Lipinski definition) is 1. The molecule has 0 aliphatic carbocycles. The van der Waals surface area contributed by atoms with Gasteiger partial charge in [-0.2, -0.15) is 0 Å². The van der Waals surface area contributed by atoms with Crippen molar-refractivity contribution in [1.29, 1.82) is 0 Å². The van der Waals surface area contributed by atoms with Gasteiger partial charge >= 0.3 is 5.97 Å². The Bertz CT molecular complexity index is 1460. The Labute approximate surface area is 234 Å². The SMILES string of the molecule is COc1cc(C)c(/C(O)=C2\C(=O)C(=O)N(c3ccc(C(=O)OCC(C)C)cc3)C2c2cccnc2)cc1C(C)C. The molecule has 1 N–H and O–H groups in total. The summed E-state index contributed by atoms with van der Waals surface area (Å²) < 4.78 is 10.8. The first-order valence-electron chi connectivity index (χ1n) is 13.2. The second kappa shape index (κ2) is 11.7. The zero-order valence-electron chi connectivity index (χ0n) is 23.6. The number of ether oxygens (including phenoxy) is 2. The van der Waals surface area contributed by atoms with Crippen LogP contribution in [-0.4, -0.2) is 41.5 Å². The smallest absolute Gasteiger partial charge is 0.338 e. The Morgan fingerprint density at radius 2 is 1.77 bits per heavy atom. The van der Waals surface area contributed by atoms with Crippen LogP contribution in [0.15, 0.2) is 66.5 Å². The number of benzene rings is 2. The number of nitrogens with zero attached hydrogens (tertiary/aromatic N) is 2. The van der Waals surface area contributed by atoms with E-state index in [1.54, 1.807) is 62.0 Å². The first-order chi connectivity index (χ1) is 19.0. The molecule has 0 bridgehead atoms. The Morgan fingerprint density at radius 1 is 1.07 bits per heavy atom. The number of anilines is 1. The number of Topliss-reactive ketones (excluding diaryl/α,β-unsaturated/α-hetero) is 1.